The molecule has 1 aliphatic rings. The van der Waals surface area contributed by atoms with Crippen LogP contribution in [0.2, 0.25) is 0 Å². The van der Waals surface area contributed by atoms with Crippen molar-refractivity contribution >= 4 is 16.6 Å². The number of nitrogen functional groups attached to an aromatic ring is 1. The van der Waals surface area contributed by atoms with Gasteiger partial charge >= 0.3 is 0 Å². The van der Waals surface area contributed by atoms with E-state index in [-0.39, 0.29) is 5.60 Å². The van der Waals surface area contributed by atoms with Crippen molar-refractivity contribution in [2.45, 2.75) is 25.4 Å². The van der Waals surface area contributed by atoms with Gasteiger partial charge in [0.25, 0.3) is 0 Å². The molecule has 5 heteroatoms. The molecule has 3 rings (SSSR count). The van der Waals surface area contributed by atoms with Crippen LogP contribution in [-0.4, -0.2) is 15.6 Å². The molecule has 0 amide bonds. The second-order valence-corrected chi connectivity index (χ2v) is 4.81. The summed E-state index contributed by atoms with van der Waals surface area (Å²) in [5.74, 6) is 0.887. The third-order valence-corrected chi connectivity index (χ3v) is 3.11. The summed E-state index contributed by atoms with van der Waals surface area (Å²) in [5.41, 5.74) is 5.86. The fourth-order valence-corrected chi connectivity index (χ4v) is 1.78. The largest absolute Gasteiger partial charge is 0.471 e. The lowest BCUT2D eigenvalue weighted by molar-refractivity contribution is 0.194. The topological polar surface area (TPSA) is 84.8 Å². The van der Waals surface area contributed by atoms with E-state index in [1.165, 1.54) is 0 Å². The van der Waals surface area contributed by atoms with Gasteiger partial charge in [-0.2, -0.15) is 5.26 Å². The third-order valence-electron chi connectivity index (χ3n) is 3.11. The first-order chi connectivity index (χ1) is 8.59. The minimum absolute atomic E-state index is 0.147. The zero-order chi connectivity index (χ0) is 12.8. The number of fused-ring (bicyclic) bond motifs is 1. The molecule has 90 valence electrons. The van der Waals surface area contributed by atoms with Crippen LogP contribution in [-0.2, 0) is 0 Å². The van der Waals surface area contributed by atoms with E-state index in [1.54, 1.807) is 18.3 Å². The number of hydrogen-bond acceptors (Lipinski definition) is 5. The molecule has 1 aliphatic carbocycles. The Morgan fingerprint density at radius 3 is 2.89 bits per heavy atom. The maximum atomic E-state index is 8.98. The van der Waals surface area contributed by atoms with Crippen molar-refractivity contribution in [3.05, 3.63) is 24.0 Å². The Morgan fingerprint density at radius 2 is 2.22 bits per heavy atom. The van der Waals surface area contributed by atoms with Gasteiger partial charge in [-0.1, -0.05) is 0 Å². The summed E-state index contributed by atoms with van der Waals surface area (Å²) >= 11 is 0. The van der Waals surface area contributed by atoms with E-state index in [4.69, 9.17) is 15.7 Å². The molecule has 0 spiro atoms. The van der Waals surface area contributed by atoms with Crippen LogP contribution in [0, 0.1) is 11.3 Å². The average Bonchev–Trinajstić information content (AvgIpc) is 3.07. The summed E-state index contributed by atoms with van der Waals surface area (Å²) < 4.78 is 5.88. The van der Waals surface area contributed by atoms with Crippen molar-refractivity contribution in [3.8, 4) is 11.9 Å². The highest BCUT2D eigenvalue weighted by atomic mass is 16.5. The number of nitriles is 1. The van der Waals surface area contributed by atoms with Crippen molar-refractivity contribution in [1.29, 1.82) is 5.26 Å². The lowest BCUT2D eigenvalue weighted by Crippen LogP contribution is -2.13. The van der Waals surface area contributed by atoms with Gasteiger partial charge in [-0.25, -0.2) is 9.97 Å². The Labute approximate surface area is 104 Å². The van der Waals surface area contributed by atoms with Crippen molar-refractivity contribution in [2.75, 3.05) is 5.73 Å². The highest BCUT2D eigenvalue weighted by Gasteiger charge is 2.40. The molecule has 1 fully saturated rings. The summed E-state index contributed by atoms with van der Waals surface area (Å²) in [6, 6.07) is 5.44. The Morgan fingerprint density at radius 1 is 1.44 bits per heavy atom. The number of nitrogens with two attached hydrogens (primary N) is 1. The molecule has 0 saturated heterocycles. The van der Waals surface area contributed by atoms with E-state index >= 15 is 0 Å². The van der Waals surface area contributed by atoms with E-state index in [2.05, 4.69) is 9.97 Å². The van der Waals surface area contributed by atoms with Crippen molar-refractivity contribution < 1.29 is 4.74 Å². The van der Waals surface area contributed by atoms with E-state index in [9.17, 15) is 0 Å². The van der Waals surface area contributed by atoms with Gasteiger partial charge in [-0.05, 0) is 31.9 Å². The number of rotatable bonds is 2. The highest BCUT2D eigenvalue weighted by Crippen LogP contribution is 2.40. The number of aromatic nitrogens is 2. The van der Waals surface area contributed by atoms with Gasteiger partial charge in [0.15, 0.2) is 0 Å². The van der Waals surface area contributed by atoms with Crippen LogP contribution in [0.1, 0.15) is 25.5 Å². The van der Waals surface area contributed by atoms with Crippen molar-refractivity contribution in [1.82, 2.24) is 9.97 Å². The van der Waals surface area contributed by atoms with Crippen LogP contribution in [0.4, 0.5) is 5.82 Å². The predicted molar refractivity (Wildman–Crippen MR) is 66.9 cm³/mol. The molecule has 1 saturated carbocycles. The smallest absolute Gasteiger partial charge is 0.223 e. The van der Waals surface area contributed by atoms with Crippen LogP contribution >= 0.6 is 0 Å². The van der Waals surface area contributed by atoms with E-state index < -0.39 is 0 Å². The van der Waals surface area contributed by atoms with Crippen LogP contribution in [0.15, 0.2) is 18.3 Å². The van der Waals surface area contributed by atoms with E-state index in [1.807, 2.05) is 13.0 Å². The number of nitrogens with zero attached hydrogens (tertiary/aromatic N) is 3. The van der Waals surface area contributed by atoms with Gasteiger partial charge in [0.05, 0.1) is 0 Å². The maximum absolute atomic E-state index is 8.98. The monoisotopic (exact) mass is 240 g/mol. The molecule has 2 aromatic heterocycles. The number of ether oxygens (including phenoxy) is 1. The molecule has 0 aromatic carbocycles. The molecule has 0 aliphatic heterocycles. The summed E-state index contributed by atoms with van der Waals surface area (Å²) in [6.45, 7) is 2.03. The first kappa shape index (κ1) is 10.8. The van der Waals surface area contributed by atoms with Gasteiger partial charge in [0.1, 0.15) is 23.2 Å². The summed E-state index contributed by atoms with van der Waals surface area (Å²) in [4.78, 5) is 8.24. The molecular weight excluding hydrogens is 228 g/mol. The lowest BCUT2D eigenvalue weighted by Gasteiger charge is -2.14. The molecule has 0 atom stereocenters. The lowest BCUT2D eigenvalue weighted by atomic mass is 10.2. The quantitative estimate of drug-likeness (QED) is 0.867. The molecule has 0 radical (unpaired) electrons. The Balaban J connectivity index is 2.19. The molecular formula is C13H12N4O. The van der Waals surface area contributed by atoms with Gasteiger partial charge in [-0.15, -0.1) is 0 Å². The standard InChI is InChI=1S/C13H12N4O/c1-13(2-3-13)18-12-10-5-11(15)16-7-8(10)4-9(6-14)17-12/h4-5,7H,2-3H2,1H3,(H2,15,16). The number of hydrogen-bond donors (Lipinski definition) is 1. The maximum Gasteiger partial charge on any atom is 0.223 e. The van der Waals surface area contributed by atoms with Crippen LogP contribution in [0.25, 0.3) is 10.8 Å². The number of pyridine rings is 2. The van der Waals surface area contributed by atoms with Gasteiger partial charge < -0.3 is 10.5 Å². The minimum atomic E-state index is -0.147. The molecule has 2 N–H and O–H groups in total. The number of anilines is 1. The Bertz CT molecular complexity index is 670. The first-order valence-corrected chi connectivity index (χ1v) is 5.75. The Kier molecular flexibility index (Phi) is 2.14. The van der Waals surface area contributed by atoms with Crippen LogP contribution < -0.4 is 10.5 Å². The van der Waals surface area contributed by atoms with Crippen LogP contribution in [0.5, 0.6) is 5.88 Å². The second-order valence-electron chi connectivity index (χ2n) is 4.81. The van der Waals surface area contributed by atoms with Crippen LogP contribution in [0.3, 0.4) is 0 Å². The van der Waals surface area contributed by atoms with E-state index in [0.717, 1.165) is 23.6 Å². The van der Waals surface area contributed by atoms with Gasteiger partial charge in [-0.3, -0.25) is 0 Å². The van der Waals surface area contributed by atoms with Gasteiger partial charge in [0, 0.05) is 17.0 Å². The van der Waals surface area contributed by atoms with Gasteiger partial charge in [0.2, 0.25) is 5.88 Å². The average molecular weight is 240 g/mol. The zero-order valence-corrected chi connectivity index (χ0v) is 9.97. The molecule has 2 heterocycles. The second kappa shape index (κ2) is 3.57. The van der Waals surface area contributed by atoms with E-state index in [0.29, 0.717) is 17.4 Å². The predicted octanol–water partition coefficient (Wildman–Crippen LogP) is 2.01. The fraction of sp³-hybridized carbons (Fsp3) is 0.308. The third kappa shape index (κ3) is 1.82. The summed E-state index contributed by atoms with van der Waals surface area (Å²) in [6.07, 6.45) is 3.65. The highest BCUT2D eigenvalue weighted by molar-refractivity contribution is 5.88. The molecule has 5 nitrogen and oxygen atoms in total. The summed E-state index contributed by atoms with van der Waals surface area (Å²) in [5, 5.41) is 10.6. The molecule has 0 unspecified atom stereocenters. The minimum Gasteiger partial charge on any atom is -0.471 e. The van der Waals surface area contributed by atoms with Crippen molar-refractivity contribution in [3.63, 3.8) is 0 Å². The molecule has 18 heavy (non-hydrogen) atoms. The first-order valence-electron chi connectivity index (χ1n) is 5.75. The molecule has 2 aromatic rings. The molecule has 0 bridgehead atoms. The Hall–Kier alpha value is -2.35. The zero-order valence-electron chi connectivity index (χ0n) is 9.97. The normalized spacial score (nSPS) is 16.2. The summed E-state index contributed by atoms with van der Waals surface area (Å²) in [7, 11) is 0. The fourth-order valence-electron chi connectivity index (χ4n) is 1.78. The SMILES string of the molecule is CC1(Oc2nc(C#N)cc3cnc(N)cc23)CC1. The van der Waals surface area contributed by atoms with Crippen molar-refractivity contribution in [2.24, 2.45) is 0 Å².